The van der Waals surface area contributed by atoms with Crippen LogP contribution in [0.25, 0.3) is 0 Å². The van der Waals surface area contributed by atoms with Gasteiger partial charge in [-0.3, -0.25) is 14.4 Å². The molecule has 6 heterocycles. The van der Waals surface area contributed by atoms with Gasteiger partial charge in [-0.25, -0.2) is 9.59 Å². The molecule has 45 heteroatoms. The predicted molar refractivity (Wildman–Crippen MR) is 303 cm³/mol. The number of aliphatic hydroxyl groups is 23. The van der Waals surface area contributed by atoms with Gasteiger partial charge < -0.3 is 200 Å². The van der Waals surface area contributed by atoms with Gasteiger partial charge >= 0.3 is 11.9 Å². The number of carboxylic acid groups (broad SMARTS) is 2. The number of carboxylic acids is 2. The van der Waals surface area contributed by atoms with Crippen LogP contribution in [0.2, 0.25) is 0 Å². The van der Waals surface area contributed by atoms with E-state index in [2.05, 4.69) is 16.0 Å². The Bertz CT molecular complexity index is 2600. The van der Waals surface area contributed by atoms with Crippen molar-refractivity contribution in [3.8, 4) is 0 Å². The monoisotopic (exact) mass is 1450 g/mol. The van der Waals surface area contributed by atoms with E-state index in [0.29, 0.717) is 0 Å². The highest BCUT2D eigenvalue weighted by Crippen LogP contribution is 2.42. The third-order valence-corrected chi connectivity index (χ3v) is 17.3. The smallest absolute Gasteiger partial charge is 0.364 e. The summed E-state index contributed by atoms with van der Waals surface area (Å²) in [5, 5.41) is 278. The third kappa shape index (κ3) is 18.9. The van der Waals surface area contributed by atoms with Crippen LogP contribution in [0.1, 0.15) is 33.6 Å². The number of carbonyl (C=O) groups excluding carboxylic acids is 3. The first-order chi connectivity index (χ1) is 46.4. The van der Waals surface area contributed by atoms with Crippen molar-refractivity contribution in [1.29, 1.82) is 0 Å². The van der Waals surface area contributed by atoms with Gasteiger partial charge in [0.05, 0.1) is 77.1 Å². The zero-order chi connectivity index (χ0) is 74.2. The summed E-state index contributed by atoms with van der Waals surface area (Å²) in [6, 6.07) is -5.43. The van der Waals surface area contributed by atoms with Crippen molar-refractivity contribution in [2.24, 2.45) is 0 Å². The molecule has 99 heavy (non-hydrogen) atoms. The van der Waals surface area contributed by atoms with Gasteiger partial charge in [0, 0.05) is 33.6 Å². The summed E-state index contributed by atoms with van der Waals surface area (Å²) < 4.78 is 68.9. The largest absolute Gasteiger partial charge is 0.477 e. The quantitative estimate of drug-likeness (QED) is 0.0297. The van der Waals surface area contributed by atoms with E-state index in [1.807, 2.05) is 0 Å². The summed E-state index contributed by atoms with van der Waals surface area (Å²) in [5.41, 5.74) is 0. The molecule has 0 spiro atoms. The van der Waals surface area contributed by atoms with Gasteiger partial charge in [-0.05, 0) is 0 Å². The van der Waals surface area contributed by atoms with Crippen molar-refractivity contribution < 1.29 is 208 Å². The molecule has 0 aromatic carbocycles. The number of aliphatic carboxylic acids is 2. The van der Waals surface area contributed by atoms with Gasteiger partial charge in [0.2, 0.25) is 17.7 Å². The van der Waals surface area contributed by atoms with Crippen LogP contribution in [-0.2, 0) is 80.8 Å². The molecule has 6 aliphatic rings. The lowest BCUT2D eigenvalue weighted by Crippen LogP contribution is -2.71. The first kappa shape index (κ1) is 83.9. The van der Waals surface area contributed by atoms with Crippen LogP contribution in [0.4, 0.5) is 0 Å². The molecule has 6 rings (SSSR count). The van der Waals surface area contributed by atoms with Crippen molar-refractivity contribution >= 4 is 29.7 Å². The lowest BCUT2D eigenvalue weighted by atomic mass is 9.88. The van der Waals surface area contributed by atoms with Crippen molar-refractivity contribution in [2.45, 2.75) is 253 Å². The molecule has 0 unspecified atom stereocenters. The van der Waals surface area contributed by atoms with Gasteiger partial charge in [0.1, 0.15) is 159 Å². The second kappa shape index (κ2) is 36.1. The molecule has 3 amide bonds. The van der Waals surface area contributed by atoms with Gasteiger partial charge in [0.25, 0.3) is 11.6 Å². The summed E-state index contributed by atoms with van der Waals surface area (Å²) in [7, 11) is 0. The highest BCUT2D eigenvalue weighted by atomic mass is 16.8. The lowest BCUT2D eigenvalue weighted by molar-refractivity contribution is -0.392. The van der Waals surface area contributed by atoms with Crippen LogP contribution in [-0.4, -0.2) is 430 Å². The lowest BCUT2D eigenvalue weighted by Gasteiger charge is -2.51. The van der Waals surface area contributed by atoms with Crippen molar-refractivity contribution in [2.75, 3.05) is 52.9 Å². The first-order valence-electron chi connectivity index (χ1n) is 30.8. The summed E-state index contributed by atoms with van der Waals surface area (Å²) in [5.74, 6) is -13.6. The molecule has 0 bridgehead atoms. The molecule has 6 aliphatic heterocycles. The number of nitrogens with one attached hydrogen (secondary N) is 3. The van der Waals surface area contributed by atoms with Crippen LogP contribution in [0.5, 0.6) is 0 Å². The fourth-order valence-electron chi connectivity index (χ4n) is 12.1. The maximum absolute atomic E-state index is 13.2. The number of carbonyl (C=O) groups is 5. The maximum atomic E-state index is 13.2. The Morgan fingerprint density at radius 3 is 1.18 bits per heavy atom. The second-order valence-corrected chi connectivity index (χ2v) is 24.4. The fraction of sp³-hybridized carbons (Fsp3) is 0.907. The van der Waals surface area contributed by atoms with Gasteiger partial charge in [-0.15, -0.1) is 0 Å². The van der Waals surface area contributed by atoms with E-state index < -0.39 is 315 Å². The average molecular weight is 1450 g/mol. The molecule has 6 saturated heterocycles. The van der Waals surface area contributed by atoms with E-state index in [1.165, 1.54) is 0 Å². The molecule has 0 aromatic heterocycles. The van der Waals surface area contributed by atoms with Gasteiger partial charge in [-0.2, -0.15) is 0 Å². The van der Waals surface area contributed by atoms with E-state index in [0.717, 1.165) is 20.8 Å². The van der Waals surface area contributed by atoms with Crippen molar-refractivity contribution in [1.82, 2.24) is 16.0 Å². The van der Waals surface area contributed by atoms with Crippen LogP contribution in [0.3, 0.4) is 0 Å². The third-order valence-electron chi connectivity index (χ3n) is 17.3. The Morgan fingerprint density at radius 1 is 0.434 bits per heavy atom. The number of aliphatic hydroxyl groups excluding tert-OH is 23. The Morgan fingerprint density at radius 2 is 0.798 bits per heavy atom. The van der Waals surface area contributed by atoms with Crippen LogP contribution in [0.15, 0.2) is 0 Å². The number of amides is 3. The summed E-state index contributed by atoms with van der Waals surface area (Å²) in [4.78, 5) is 63.4. The molecule has 0 radical (unpaired) electrons. The van der Waals surface area contributed by atoms with Crippen LogP contribution < -0.4 is 16.0 Å². The average Bonchev–Trinajstić information content (AvgIpc) is 0.756. The summed E-state index contributed by atoms with van der Waals surface area (Å²) in [6.45, 7) is -6.95. The Labute approximate surface area is 559 Å². The van der Waals surface area contributed by atoms with Crippen molar-refractivity contribution in [3.05, 3.63) is 0 Å². The molecule has 36 atom stereocenters. The number of hydrogen-bond donors (Lipinski definition) is 28. The highest BCUT2D eigenvalue weighted by Gasteiger charge is 2.63. The van der Waals surface area contributed by atoms with E-state index in [4.69, 9.17) is 56.8 Å². The van der Waals surface area contributed by atoms with Crippen molar-refractivity contribution in [3.63, 3.8) is 0 Å². The standard InChI is InChI=1S/C54H91N3O42/c1-14(65)55-27-17(68)4-53(51(84)85,96-42(27)31(75)20(71)7-59)98-45-33(77)23(10-62)89-49(38(45)82)94-41-25(12-64)91-47(29(36(41)80)57-16(3)67)88-13-26-35(79)44(37(81)48(92-26)93-40(22(73)9-61)30(74)19(70)6-58)95-50-39(83)46(34(78)24(11-63)90-50)99-54(52(86)87)5-18(69)28(56-15(2)66)43(97-54)32(76)21(72)8-60/h17-50,58-64,68-83H,4-13H2,1-3H3,(H,55,65)(H,56,66)(H,57,67)(H,84,85)(H,86,87)/t17-,18-,19-,20+,21+,22+,23+,24+,25+,26+,27+,28+,29+,30+,31+,32+,33-,34-,35-,36+,37+,38+,39+,40+,41+,42+,43+,44-,45-,46-,47+,48-,49-,50-,53-,54-/m0/s1. The number of rotatable bonds is 32. The highest BCUT2D eigenvalue weighted by molar-refractivity contribution is 5.77. The Balaban J connectivity index is 1.31. The Hall–Kier alpha value is -4.05. The minimum Gasteiger partial charge on any atom is -0.477 e. The van der Waals surface area contributed by atoms with E-state index in [1.54, 1.807) is 0 Å². The molecular weight excluding hydrogens is 1360 g/mol. The van der Waals surface area contributed by atoms with Gasteiger partial charge in [-0.1, -0.05) is 0 Å². The molecule has 28 N–H and O–H groups in total. The molecular formula is C54H91N3O42. The van der Waals surface area contributed by atoms with Crippen LogP contribution in [0, 0.1) is 0 Å². The summed E-state index contributed by atoms with van der Waals surface area (Å²) >= 11 is 0. The predicted octanol–water partition coefficient (Wildman–Crippen LogP) is -17.8. The van der Waals surface area contributed by atoms with E-state index in [9.17, 15) is 152 Å². The zero-order valence-electron chi connectivity index (χ0n) is 52.8. The van der Waals surface area contributed by atoms with E-state index in [-0.39, 0.29) is 0 Å². The maximum Gasteiger partial charge on any atom is 0.364 e. The minimum absolute atomic E-state index is 0.864. The molecule has 6 fully saturated rings. The molecule has 0 aliphatic carbocycles. The first-order valence-corrected chi connectivity index (χ1v) is 30.8. The topological polar surface area (TPSA) is 738 Å². The number of hydrogen-bond acceptors (Lipinski definition) is 40. The Kier molecular flexibility index (Phi) is 30.6. The molecule has 0 aromatic rings. The zero-order valence-corrected chi connectivity index (χ0v) is 52.8. The minimum atomic E-state index is -3.33. The fourth-order valence-corrected chi connectivity index (χ4v) is 12.1. The van der Waals surface area contributed by atoms with Gasteiger partial charge in [0.15, 0.2) is 25.2 Å². The van der Waals surface area contributed by atoms with Crippen LogP contribution >= 0.6 is 0 Å². The van der Waals surface area contributed by atoms with E-state index >= 15 is 0 Å². The second-order valence-electron chi connectivity index (χ2n) is 24.4. The summed E-state index contributed by atoms with van der Waals surface area (Å²) in [6.07, 6.45) is -72.6. The molecule has 0 saturated carbocycles. The molecule has 45 nitrogen and oxygen atoms in total. The SMILES string of the molecule is CC(=O)N[C@H]1[C@H](OC[C@H]2O[C@@H](O[C@@H]([C@H](O)[C@@H](O)CO)[C@H](O)CO)[C@H](O)[C@@H](O[C@@H]3O[C@H](CO)[C@H](O)[C@H](O[C@]4(C(=O)O)C[C@H](O)[C@@H](NC(C)=O)[C@H]([C@H](O)[C@H](O)CO)O4)[C@H]3O)[C@H]2O)O[C@H](CO)[C@@H](O[C@@H]2O[C@H](CO)[C@H](O)[C@H](O[C@]3(C(=O)O)C[C@H](O)[C@@H](NC(C)=O)[C@H]([C@H](O)[C@H](O)CO)O3)[C@H]2O)[C@@H]1O. The normalized spacial score (nSPS) is 42.3. The molecule has 574 valence electrons. The number of ether oxygens (including phenoxy) is 12.